The largest absolute Gasteiger partial charge is 0.322 e. The van der Waals surface area contributed by atoms with E-state index in [1.54, 1.807) is 6.92 Å². The Bertz CT molecular complexity index is 1390. The minimum Gasteiger partial charge on any atom is -0.322 e. The highest BCUT2D eigenvalue weighted by Crippen LogP contribution is 2.38. The second-order valence-electron chi connectivity index (χ2n) is 9.53. The fourth-order valence-corrected chi connectivity index (χ4v) is 6.99. The molecule has 3 aliphatic rings. The number of sulfonamides is 1. The van der Waals surface area contributed by atoms with Crippen LogP contribution in [0.15, 0.2) is 35.2 Å². The number of nitrogens with zero attached hydrogens (tertiary/aromatic N) is 2. The Morgan fingerprint density at radius 1 is 1.00 bits per heavy atom. The summed E-state index contributed by atoms with van der Waals surface area (Å²) in [4.78, 5) is 37.9. The molecular formula is C25H25F2N3O5S. The van der Waals surface area contributed by atoms with Crippen LogP contribution >= 0.6 is 0 Å². The van der Waals surface area contributed by atoms with E-state index >= 15 is 0 Å². The molecule has 1 atom stereocenters. The van der Waals surface area contributed by atoms with Gasteiger partial charge in [0.1, 0.15) is 22.6 Å². The van der Waals surface area contributed by atoms with Gasteiger partial charge in [-0.05, 0) is 73.1 Å². The molecule has 0 radical (unpaired) electrons. The number of piperidine rings is 2. The Balaban J connectivity index is 1.37. The maximum Gasteiger partial charge on any atom is 0.255 e. The number of benzene rings is 2. The Labute approximate surface area is 207 Å². The molecular weight excluding hydrogens is 492 g/mol. The average molecular weight is 518 g/mol. The number of carbonyl (C=O) groups excluding carboxylic acids is 3. The molecule has 8 nitrogen and oxygen atoms in total. The molecule has 3 aliphatic heterocycles. The molecule has 0 aliphatic carbocycles. The predicted octanol–water partition coefficient (Wildman–Crippen LogP) is 2.60. The van der Waals surface area contributed by atoms with Crippen LogP contribution in [0.25, 0.3) is 0 Å². The predicted molar refractivity (Wildman–Crippen MR) is 124 cm³/mol. The van der Waals surface area contributed by atoms with Crippen LogP contribution in [-0.4, -0.2) is 54.5 Å². The summed E-state index contributed by atoms with van der Waals surface area (Å²) in [6, 6.07) is 5.67. The van der Waals surface area contributed by atoms with E-state index < -0.39 is 39.5 Å². The number of amides is 3. The normalized spacial score (nSPS) is 21.6. The first-order valence-electron chi connectivity index (χ1n) is 11.8. The summed E-state index contributed by atoms with van der Waals surface area (Å²) in [5.41, 5.74) is 2.06. The molecule has 5 rings (SSSR count). The molecule has 36 heavy (non-hydrogen) atoms. The number of carbonyl (C=O) groups is 3. The van der Waals surface area contributed by atoms with Crippen molar-refractivity contribution in [3.05, 3.63) is 64.2 Å². The number of nitrogens with one attached hydrogen (secondary N) is 1. The van der Waals surface area contributed by atoms with Gasteiger partial charge in [0.15, 0.2) is 0 Å². The molecule has 2 saturated heterocycles. The van der Waals surface area contributed by atoms with Crippen LogP contribution in [0.4, 0.5) is 8.78 Å². The number of halogens is 2. The third-order valence-electron chi connectivity index (χ3n) is 7.25. The van der Waals surface area contributed by atoms with Gasteiger partial charge in [-0.15, -0.1) is 0 Å². The molecule has 0 bridgehead atoms. The van der Waals surface area contributed by atoms with E-state index in [0.717, 1.165) is 12.1 Å². The van der Waals surface area contributed by atoms with Gasteiger partial charge in [-0.1, -0.05) is 6.07 Å². The zero-order chi connectivity index (χ0) is 25.8. The van der Waals surface area contributed by atoms with Gasteiger partial charge in [0, 0.05) is 31.6 Å². The number of aryl methyl sites for hydroxylation is 1. The van der Waals surface area contributed by atoms with Crippen molar-refractivity contribution in [2.75, 3.05) is 13.1 Å². The van der Waals surface area contributed by atoms with Crippen molar-refractivity contribution < 1.29 is 31.6 Å². The topological polar surface area (TPSA) is 104 Å². The molecule has 2 aromatic rings. The highest BCUT2D eigenvalue weighted by atomic mass is 32.2. The number of imide groups is 1. The molecule has 1 unspecified atom stereocenters. The minimum absolute atomic E-state index is 0.114. The molecule has 1 N–H and O–H groups in total. The van der Waals surface area contributed by atoms with Crippen molar-refractivity contribution in [2.24, 2.45) is 0 Å². The molecule has 2 aromatic carbocycles. The Morgan fingerprint density at radius 3 is 2.42 bits per heavy atom. The third kappa shape index (κ3) is 4.20. The number of hydrogen-bond acceptors (Lipinski definition) is 5. The molecule has 0 aromatic heterocycles. The fraction of sp³-hybridized carbons (Fsp3) is 0.400. The first-order chi connectivity index (χ1) is 17.1. The van der Waals surface area contributed by atoms with Crippen molar-refractivity contribution in [3.63, 3.8) is 0 Å². The van der Waals surface area contributed by atoms with Gasteiger partial charge >= 0.3 is 0 Å². The van der Waals surface area contributed by atoms with Gasteiger partial charge in [0.2, 0.25) is 21.8 Å². The van der Waals surface area contributed by atoms with Crippen LogP contribution < -0.4 is 5.32 Å². The standard InChI is InChI=1S/C25H25F2N3O5S/c1-14-2-3-20(27)22(10-14)36(34,35)29-8-6-15(7-9-29)17-11-16(26)12-18-19(17)13-30(25(18)33)21-4-5-23(31)28-24(21)32/h2-3,10-12,15,21H,4-9,13H2,1H3,(H,28,31,32). The second-order valence-corrected chi connectivity index (χ2v) is 11.4. The van der Waals surface area contributed by atoms with Crippen molar-refractivity contribution in [1.82, 2.24) is 14.5 Å². The quantitative estimate of drug-likeness (QED) is 0.628. The summed E-state index contributed by atoms with van der Waals surface area (Å²) in [5.74, 6) is -3.00. The van der Waals surface area contributed by atoms with E-state index in [9.17, 15) is 31.6 Å². The van der Waals surface area contributed by atoms with Crippen LogP contribution in [0.1, 0.15) is 58.6 Å². The Hall–Kier alpha value is -3.18. The monoisotopic (exact) mass is 517 g/mol. The highest BCUT2D eigenvalue weighted by molar-refractivity contribution is 7.89. The molecule has 11 heteroatoms. The molecule has 0 saturated carbocycles. The molecule has 3 heterocycles. The van der Waals surface area contributed by atoms with E-state index in [4.69, 9.17) is 0 Å². The van der Waals surface area contributed by atoms with Crippen LogP contribution in [0, 0.1) is 18.6 Å². The SMILES string of the molecule is Cc1ccc(F)c(S(=O)(=O)N2CCC(c3cc(F)cc4c3CN(C3CCC(=O)NC3=O)C4=O)CC2)c1. The smallest absolute Gasteiger partial charge is 0.255 e. The fourth-order valence-electron chi connectivity index (χ4n) is 5.37. The summed E-state index contributed by atoms with van der Waals surface area (Å²) >= 11 is 0. The van der Waals surface area contributed by atoms with Crippen LogP contribution in [0.2, 0.25) is 0 Å². The van der Waals surface area contributed by atoms with Crippen LogP contribution in [0.5, 0.6) is 0 Å². The molecule has 2 fully saturated rings. The summed E-state index contributed by atoms with van der Waals surface area (Å²) < 4.78 is 56.3. The van der Waals surface area contributed by atoms with Gasteiger partial charge in [-0.3, -0.25) is 19.7 Å². The zero-order valence-electron chi connectivity index (χ0n) is 19.6. The van der Waals surface area contributed by atoms with Crippen molar-refractivity contribution in [3.8, 4) is 0 Å². The van der Waals surface area contributed by atoms with Gasteiger partial charge in [-0.25, -0.2) is 17.2 Å². The molecule has 190 valence electrons. The first kappa shape index (κ1) is 24.5. The Kier molecular flexibility index (Phi) is 6.16. The summed E-state index contributed by atoms with van der Waals surface area (Å²) in [7, 11) is -4.03. The molecule has 0 spiro atoms. The van der Waals surface area contributed by atoms with Gasteiger partial charge < -0.3 is 4.90 Å². The van der Waals surface area contributed by atoms with Crippen molar-refractivity contribution >= 4 is 27.7 Å². The number of hydrogen-bond donors (Lipinski definition) is 1. The average Bonchev–Trinajstić information content (AvgIpc) is 3.16. The summed E-state index contributed by atoms with van der Waals surface area (Å²) in [5, 5.41) is 2.25. The van der Waals surface area contributed by atoms with Gasteiger partial charge in [-0.2, -0.15) is 4.31 Å². The van der Waals surface area contributed by atoms with E-state index in [-0.39, 0.29) is 54.8 Å². The van der Waals surface area contributed by atoms with Gasteiger partial charge in [0.05, 0.1) is 0 Å². The maximum atomic E-state index is 14.6. The van der Waals surface area contributed by atoms with Crippen LogP contribution in [0.3, 0.4) is 0 Å². The van der Waals surface area contributed by atoms with Crippen molar-refractivity contribution in [2.45, 2.75) is 56.0 Å². The summed E-state index contributed by atoms with van der Waals surface area (Å²) in [6.45, 7) is 2.05. The number of fused-ring (bicyclic) bond motifs is 1. The van der Waals surface area contributed by atoms with E-state index in [0.29, 0.717) is 29.5 Å². The van der Waals surface area contributed by atoms with E-state index in [2.05, 4.69) is 5.32 Å². The Morgan fingerprint density at radius 2 is 1.72 bits per heavy atom. The van der Waals surface area contributed by atoms with Gasteiger partial charge in [0.25, 0.3) is 5.91 Å². The lowest BCUT2D eigenvalue weighted by Crippen LogP contribution is -2.52. The highest BCUT2D eigenvalue weighted by Gasteiger charge is 2.41. The zero-order valence-corrected chi connectivity index (χ0v) is 20.4. The van der Waals surface area contributed by atoms with E-state index in [1.807, 2.05) is 0 Å². The summed E-state index contributed by atoms with van der Waals surface area (Å²) in [6.07, 6.45) is 1.06. The second kappa shape index (κ2) is 9.04. The lowest BCUT2D eigenvalue weighted by atomic mass is 9.86. The number of rotatable bonds is 4. The minimum atomic E-state index is -4.03. The first-order valence-corrected chi connectivity index (χ1v) is 13.2. The maximum absolute atomic E-state index is 14.6. The third-order valence-corrected chi connectivity index (χ3v) is 9.17. The lowest BCUT2D eigenvalue weighted by molar-refractivity contribution is -0.136. The lowest BCUT2D eigenvalue weighted by Gasteiger charge is -2.32. The molecule has 3 amide bonds. The van der Waals surface area contributed by atoms with Crippen molar-refractivity contribution in [1.29, 1.82) is 0 Å². The van der Waals surface area contributed by atoms with E-state index in [1.165, 1.54) is 27.4 Å². The van der Waals surface area contributed by atoms with Crippen LogP contribution in [-0.2, 0) is 26.2 Å².